The van der Waals surface area contributed by atoms with Gasteiger partial charge in [-0.15, -0.1) is 8.07 Å². The second kappa shape index (κ2) is 3.15. The quantitative estimate of drug-likeness (QED) is 0.391. The summed E-state index contributed by atoms with van der Waals surface area (Å²) in [6.45, 7) is 10.6. The molecule has 34 valence electrons. The summed E-state index contributed by atoms with van der Waals surface area (Å²) in [5.74, 6) is 0. The molecule has 0 heterocycles. The van der Waals surface area contributed by atoms with Crippen LogP contribution in [0.2, 0.25) is 19.6 Å². The van der Waals surface area contributed by atoms with Crippen LogP contribution in [0.3, 0.4) is 0 Å². The van der Waals surface area contributed by atoms with Gasteiger partial charge in [0.15, 0.2) is 0 Å². The van der Waals surface area contributed by atoms with Crippen LogP contribution in [-0.2, 0) is 26.2 Å². The molecule has 0 aliphatic carbocycles. The maximum atomic E-state index is 3.91. The van der Waals surface area contributed by atoms with E-state index in [0.717, 1.165) is 0 Å². The van der Waals surface area contributed by atoms with Crippen molar-refractivity contribution < 1.29 is 26.2 Å². The monoisotopic (exact) mass is 177 g/mol. The van der Waals surface area contributed by atoms with Crippen molar-refractivity contribution in [3.05, 3.63) is 6.55 Å². The summed E-state index contributed by atoms with van der Waals surface area (Å²) in [6.07, 6.45) is 0. The Hall–Kier alpha value is 1.10. The van der Waals surface area contributed by atoms with Crippen LogP contribution in [-0.4, -0.2) is 8.07 Å². The summed E-state index contributed by atoms with van der Waals surface area (Å²) < 4.78 is 0. The summed E-state index contributed by atoms with van der Waals surface area (Å²) in [7, 11) is -0.861. The average Bonchev–Trinajstić information content (AvgIpc) is 0.722. The number of hydrogen-bond acceptors (Lipinski definition) is 0. The first-order valence-corrected chi connectivity index (χ1v) is 5.56. The minimum atomic E-state index is -0.861. The van der Waals surface area contributed by atoms with Crippen LogP contribution >= 0.6 is 0 Å². The first-order chi connectivity index (χ1) is 2.00. The van der Waals surface area contributed by atoms with Gasteiger partial charge in [-0.2, -0.15) is 0 Å². The maximum absolute atomic E-state index is 3.91. The van der Waals surface area contributed by atoms with Crippen LogP contribution in [0.1, 0.15) is 0 Å². The van der Waals surface area contributed by atoms with Gasteiger partial charge in [0.1, 0.15) is 0 Å². The summed E-state index contributed by atoms with van der Waals surface area (Å²) in [6, 6.07) is 0. The molecule has 0 fully saturated rings. The molecular weight excluding hydrogens is 167 g/mol. The van der Waals surface area contributed by atoms with Crippen LogP contribution in [0.4, 0.5) is 0 Å². The van der Waals surface area contributed by atoms with Gasteiger partial charge in [0.25, 0.3) is 0 Å². The molecule has 0 spiro atoms. The molecule has 0 amide bonds. The average molecular weight is 178 g/mol. The van der Waals surface area contributed by atoms with Gasteiger partial charge in [0.05, 0.1) is 0 Å². The zero-order valence-electron chi connectivity index (χ0n) is 4.71. The fraction of sp³-hybridized carbons (Fsp3) is 0.750. The third-order valence-corrected chi connectivity index (χ3v) is 0. The van der Waals surface area contributed by atoms with E-state index >= 15 is 0 Å². The normalized spacial score (nSPS) is 10.0. The fourth-order valence-corrected chi connectivity index (χ4v) is 0. The van der Waals surface area contributed by atoms with Crippen molar-refractivity contribution in [2.24, 2.45) is 0 Å². The Morgan fingerprint density at radius 3 is 1.17 bits per heavy atom. The SMILES string of the molecule is [CH2-][Si](C)(C)C.[Zr+2]. The molecule has 0 aromatic rings. The topological polar surface area (TPSA) is 0 Å². The molecule has 0 aromatic carbocycles. The van der Waals surface area contributed by atoms with Crippen LogP contribution in [0.15, 0.2) is 0 Å². The molecular formula is C4H11SiZr+. The Labute approximate surface area is 60.5 Å². The number of rotatable bonds is 0. The number of hydrogen-bond donors (Lipinski definition) is 0. The third kappa shape index (κ3) is 70.9. The Bertz CT molecular complexity index is 23.0. The van der Waals surface area contributed by atoms with Gasteiger partial charge in [-0.3, -0.25) is 0 Å². The van der Waals surface area contributed by atoms with Gasteiger partial charge in [-0.1, -0.05) is 19.6 Å². The summed E-state index contributed by atoms with van der Waals surface area (Å²) in [4.78, 5) is 0. The summed E-state index contributed by atoms with van der Waals surface area (Å²) >= 11 is 0. The van der Waals surface area contributed by atoms with Crippen molar-refractivity contribution in [2.45, 2.75) is 19.6 Å². The van der Waals surface area contributed by atoms with Gasteiger partial charge < -0.3 is 6.55 Å². The zero-order chi connectivity index (χ0) is 4.50. The van der Waals surface area contributed by atoms with E-state index in [1.807, 2.05) is 0 Å². The van der Waals surface area contributed by atoms with Crippen molar-refractivity contribution in [1.29, 1.82) is 0 Å². The van der Waals surface area contributed by atoms with Crippen molar-refractivity contribution >= 4 is 8.07 Å². The standard InChI is InChI=1S/C4H11Si.Zr/c1-5(2,3)4;/h1H2,2-4H3;/q-1;+2. The predicted molar refractivity (Wildman–Crippen MR) is 28.7 cm³/mol. The molecule has 0 nitrogen and oxygen atoms in total. The molecule has 0 saturated heterocycles. The Morgan fingerprint density at radius 1 is 1.17 bits per heavy atom. The van der Waals surface area contributed by atoms with Crippen molar-refractivity contribution in [2.75, 3.05) is 0 Å². The Morgan fingerprint density at radius 2 is 1.17 bits per heavy atom. The van der Waals surface area contributed by atoms with Crippen molar-refractivity contribution in [3.8, 4) is 0 Å². The minimum Gasteiger partial charge on any atom is -0.342 e. The Balaban J connectivity index is 0. The summed E-state index contributed by atoms with van der Waals surface area (Å²) in [5.41, 5.74) is 0. The van der Waals surface area contributed by atoms with E-state index in [4.69, 9.17) is 0 Å². The molecule has 6 heavy (non-hydrogen) atoms. The van der Waals surface area contributed by atoms with E-state index in [1.54, 1.807) is 0 Å². The van der Waals surface area contributed by atoms with Gasteiger partial charge >= 0.3 is 26.2 Å². The van der Waals surface area contributed by atoms with Crippen LogP contribution in [0, 0.1) is 6.55 Å². The van der Waals surface area contributed by atoms with E-state index in [1.165, 1.54) is 0 Å². The second-order valence-electron chi connectivity index (χ2n) is 2.56. The minimum absolute atomic E-state index is 0. The molecule has 0 bridgehead atoms. The Kier molecular flexibility index (Phi) is 5.33. The fourth-order valence-electron chi connectivity index (χ4n) is 0. The van der Waals surface area contributed by atoms with Crippen LogP contribution in [0.5, 0.6) is 0 Å². The van der Waals surface area contributed by atoms with Gasteiger partial charge in [-0.25, -0.2) is 0 Å². The van der Waals surface area contributed by atoms with Gasteiger partial charge in [0, 0.05) is 0 Å². The third-order valence-electron chi connectivity index (χ3n) is 0. The van der Waals surface area contributed by atoms with Gasteiger partial charge in [0.2, 0.25) is 0 Å². The van der Waals surface area contributed by atoms with Gasteiger partial charge in [-0.05, 0) is 0 Å². The van der Waals surface area contributed by atoms with E-state index in [2.05, 4.69) is 26.2 Å². The predicted octanol–water partition coefficient (Wildman–Crippen LogP) is 1.70. The van der Waals surface area contributed by atoms with Crippen LogP contribution < -0.4 is 0 Å². The molecule has 2 heteroatoms. The van der Waals surface area contributed by atoms with Crippen molar-refractivity contribution in [3.63, 3.8) is 0 Å². The molecule has 0 N–H and O–H groups in total. The molecule has 0 radical (unpaired) electrons. The molecule has 0 aliphatic rings. The molecule has 0 aromatic heterocycles. The molecule has 0 unspecified atom stereocenters. The summed E-state index contributed by atoms with van der Waals surface area (Å²) in [5, 5.41) is 0. The first-order valence-electron chi connectivity index (χ1n) is 1.85. The molecule has 0 atom stereocenters. The zero-order valence-corrected chi connectivity index (χ0v) is 8.17. The molecule has 0 saturated carbocycles. The van der Waals surface area contributed by atoms with E-state index in [-0.39, 0.29) is 26.2 Å². The van der Waals surface area contributed by atoms with E-state index < -0.39 is 8.07 Å². The molecule has 0 aliphatic heterocycles. The van der Waals surface area contributed by atoms with E-state index in [0.29, 0.717) is 0 Å². The maximum Gasteiger partial charge on any atom is 2.00 e. The largest absolute Gasteiger partial charge is 2.00 e. The first kappa shape index (κ1) is 10.2. The second-order valence-corrected chi connectivity index (χ2v) is 7.68. The van der Waals surface area contributed by atoms with E-state index in [9.17, 15) is 0 Å². The van der Waals surface area contributed by atoms with Crippen molar-refractivity contribution in [1.82, 2.24) is 0 Å². The smallest absolute Gasteiger partial charge is 0.342 e. The molecule has 0 rings (SSSR count). The van der Waals surface area contributed by atoms with Crippen LogP contribution in [0.25, 0.3) is 0 Å².